The van der Waals surface area contributed by atoms with Gasteiger partial charge in [-0.05, 0) is 52.1 Å². The first kappa shape index (κ1) is 20.9. The molecule has 0 rings (SSSR count). The average Bonchev–Trinajstić information content (AvgIpc) is 2.48. The van der Waals surface area contributed by atoms with Crippen LogP contribution in [0.1, 0.15) is 80.1 Å². The van der Waals surface area contributed by atoms with Gasteiger partial charge >= 0.3 is 0 Å². The molecule has 2 atom stereocenters. The molecule has 0 saturated heterocycles. The second kappa shape index (κ2) is 11.4. The molecular weight excluding hydrogens is 260 g/mol. The third-order valence-corrected chi connectivity index (χ3v) is 4.69. The first-order valence-corrected chi connectivity index (χ1v) is 9.07. The molecule has 0 aliphatic rings. The van der Waals surface area contributed by atoms with E-state index < -0.39 is 0 Å². The van der Waals surface area contributed by atoms with Gasteiger partial charge in [0.05, 0.1) is 6.61 Å². The van der Waals surface area contributed by atoms with Crippen LogP contribution in [0, 0.1) is 0 Å². The van der Waals surface area contributed by atoms with Gasteiger partial charge in [0, 0.05) is 17.6 Å². The first-order chi connectivity index (χ1) is 9.94. The van der Waals surface area contributed by atoms with E-state index in [9.17, 15) is 5.11 Å². The molecule has 0 aromatic heterocycles. The van der Waals surface area contributed by atoms with Crippen molar-refractivity contribution < 1.29 is 5.11 Å². The summed E-state index contributed by atoms with van der Waals surface area (Å²) in [7, 11) is 0. The van der Waals surface area contributed by atoms with Crippen molar-refractivity contribution in [3.8, 4) is 0 Å². The number of aliphatic hydroxyl groups is 1. The van der Waals surface area contributed by atoms with Crippen molar-refractivity contribution in [2.24, 2.45) is 0 Å². The van der Waals surface area contributed by atoms with Gasteiger partial charge in [0.15, 0.2) is 0 Å². The van der Waals surface area contributed by atoms with Gasteiger partial charge in [0.2, 0.25) is 0 Å². The van der Waals surface area contributed by atoms with Gasteiger partial charge in [-0.15, -0.1) is 0 Å². The quantitative estimate of drug-likeness (QED) is 0.543. The van der Waals surface area contributed by atoms with E-state index in [0.29, 0.717) is 12.1 Å². The lowest BCUT2D eigenvalue weighted by atomic mass is 9.90. The Hall–Kier alpha value is -0.120. The van der Waals surface area contributed by atoms with Crippen molar-refractivity contribution in [1.29, 1.82) is 0 Å². The minimum atomic E-state index is -0.0972. The Morgan fingerprint density at radius 2 is 1.67 bits per heavy atom. The highest BCUT2D eigenvalue weighted by molar-refractivity contribution is 4.88. The molecule has 2 N–H and O–H groups in total. The van der Waals surface area contributed by atoms with Crippen LogP contribution >= 0.6 is 0 Å². The van der Waals surface area contributed by atoms with Crippen LogP contribution in [0.15, 0.2) is 0 Å². The molecule has 3 heteroatoms. The summed E-state index contributed by atoms with van der Waals surface area (Å²) in [4.78, 5) is 2.62. The summed E-state index contributed by atoms with van der Waals surface area (Å²) in [5, 5.41) is 13.4. The van der Waals surface area contributed by atoms with E-state index in [1.54, 1.807) is 0 Å². The van der Waals surface area contributed by atoms with Crippen LogP contribution in [-0.2, 0) is 0 Å². The predicted molar refractivity (Wildman–Crippen MR) is 93.8 cm³/mol. The molecule has 0 aliphatic carbocycles. The van der Waals surface area contributed by atoms with Crippen LogP contribution in [0.4, 0.5) is 0 Å². The van der Waals surface area contributed by atoms with Crippen molar-refractivity contribution in [2.75, 3.05) is 19.7 Å². The van der Waals surface area contributed by atoms with Crippen LogP contribution in [0.2, 0.25) is 0 Å². The van der Waals surface area contributed by atoms with Gasteiger partial charge in [0.25, 0.3) is 0 Å². The zero-order valence-electron chi connectivity index (χ0n) is 15.4. The summed E-state index contributed by atoms with van der Waals surface area (Å²) in [6, 6.07) is 1.09. The fourth-order valence-electron chi connectivity index (χ4n) is 2.99. The van der Waals surface area contributed by atoms with Gasteiger partial charge in [-0.1, -0.05) is 41.0 Å². The Kier molecular flexibility index (Phi) is 11.4. The molecule has 0 aromatic rings. The number of hydrogen-bond donors (Lipinski definition) is 2. The predicted octanol–water partition coefficient (Wildman–Crippen LogP) is 3.81. The SMILES string of the molecule is CCCCN(CCCC(CC)(CO)NC(C)C)C(C)CC. The summed E-state index contributed by atoms with van der Waals surface area (Å²) in [6.45, 7) is 16.0. The van der Waals surface area contributed by atoms with Crippen molar-refractivity contribution >= 4 is 0 Å². The maximum absolute atomic E-state index is 9.81. The third-order valence-electron chi connectivity index (χ3n) is 4.69. The van der Waals surface area contributed by atoms with E-state index >= 15 is 0 Å². The summed E-state index contributed by atoms with van der Waals surface area (Å²) >= 11 is 0. The minimum absolute atomic E-state index is 0.0972. The lowest BCUT2D eigenvalue weighted by molar-refractivity contribution is 0.124. The third kappa shape index (κ3) is 8.18. The Labute approximate surface area is 133 Å². The fourth-order valence-corrected chi connectivity index (χ4v) is 2.99. The van der Waals surface area contributed by atoms with Crippen molar-refractivity contribution in [2.45, 2.75) is 97.7 Å². The van der Waals surface area contributed by atoms with Gasteiger partial charge < -0.3 is 15.3 Å². The number of rotatable bonds is 13. The standard InChI is InChI=1S/C18H40N2O/c1-7-10-13-20(17(6)8-2)14-11-12-18(9-3,15-21)19-16(4)5/h16-17,19,21H,7-15H2,1-6H3. The number of nitrogens with one attached hydrogen (secondary N) is 1. The number of hydrogen-bond acceptors (Lipinski definition) is 3. The highest BCUT2D eigenvalue weighted by Gasteiger charge is 2.27. The lowest BCUT2D eigenvalue weighted by Crippen LogP contribution is -2.51. The van der Waals surface area contributed by atoms with Crippen LogP contribution in [0.3, 0.4) is 0 Å². The molecule has 0 aromatic carbocycles. The van der Waals surface area contributed by atoms with E-state index in [2.05, 4.69) is 51.8 Å². The lowest BCUT2D eigenvalue weighted by Gasteiger charge is -2.36. The van der Waals surface area contributed by atoms with Gasteiger partial charge in [-0.2, -0.15) is 0 Å². The topological polar surface area (TPSA) is 35.5 Å². The number of aliphatic hydroxyl groups excluding tert-OH is 1. The van der Waals surface area contributed by atoms with E-state index in [4.69, 9.17) is 0 Å². The minimum Gasteiger partial charge on any atom is -0.394 e. The zero-order chi connectivity index (χ0) is 16.3. The molecule has 0 amide bonds. The molecule has 21 heavy (non-hydrogen) atoms. The van der Waals surface area contributed by atoms with Crippen LogP contribution in [-0.4, -0.2) is 47.3 Å². The van der Waals surface area contributed by atoms with E-state index in [1.165, 1.54) is 25.8 Å². The maximum atomic E-state index is 9.81. The Morgan fingerprint density at radius 1 is 1.05 bits per heavy atom. The molecule has 2 unspecified atom stereocenters. The molecule has 0 heterocycles. The number of unbranched alkanes of at least 4 members (excludes halogenated alkanes) is 1. The summed E-state index contributed by atoms with van der Waals surface area (Å²) in [5.41, 5.74) is -0.0972. The normalized spacial score (nSPS) is 16.4. The van der Waals surface area contributed by atoms with Crippen LogP contribution < -0.4 is 5.32 Å². The first-order valence-electron chi connectivity index (χ1n) is 9.07. The second-order valence-corrected chi connectivity index (χ2v) is 6.84. The largest absolute Gasteiger partial charge is 0.394 e. The Bertz CT molecular complexity index is 239. The highest BCUT2D eigenvalue weighted by Crippen LogP contribution is 2.19. The average molecular weight is 301 g/mol. The van der Waals surface area contributed by atoms with Crippen molar-refractivity contribution in [3.05, 3.63) is 0 Å². The van der Waals surface area contributed by atoms with Gasteiger partial charge in [-0.25, -0.2) is 0 Å². The van der Waals surface area contributed by atoms with E-state index in [1.807, 2.05) is 0 Å². The monoisotopic (exact) mass is 300 g/mol. The highest BCUT2D eigenvalue weighted by atomic mass is 16.3. The summed E-state index contributed by atoms with van der Waals surface area (Å²) in [6.07, 6.45) is 6.96. The molecule has 0 fully saturated rings. The Balaban J connectivity index is 4.42. The van der Waals surface area contributed by atoms with Crippen LogP contribution in [0.5, 0.6) is 0 Å². The van der Waals surface area contributed by atoms with Crippen molar-refractivity contribution in [3.63, 3.8) is 0 Å². The summed E-state index contributed by atoms with van der Waals surface area (Å²) < 4.78 is 0. The van der Waals surface area contributed by atoms with E-state index in [0.717, 1.165) is 25.8 Å². The van der Waals surface area contributed by atoms with Gasteiger partial charge in [0.1, 0.15) is 0 Å². The molecule has 0 bridgehead atoms. The maximum Gasteiger partial charge on any atom is 0.0613 e. The summed E-state index contributed by atoms with van der Waals surface area (Å²) in [5.74, 6) is 0. The Morgan fingerprint density at radius 3 is 2.10 bits per heavy atom. The van der Waals surface area contributed by atoms with Crippen molar-refractivity contribution in [1.82, 2.24) is 10.2 Å². The van der Waals surface area contributed by atoms with Gasteiger partial charge in [-0.3, -0.25) is 0 Å². The zero-order valence-corrected chi connectivity index (χ0v) is 15.4. The molecule has 0 saturated carbocycles. The molecule has 0 radical (unpaired) electrons. The van der Waals surface area contributed by atoms with Crippen LogP contribution in [0.25, 0.3) is 0 Å². The van der Waals surface area contributed by atoms with E-state index in [-0.39, 0.29) is 12.1 Å². The molecule has 0 aliphatic heterocycles. The molecule has 128 valence electrons. The fraction of sp³-hybridized carbons (Fsp3) is 1.00. The molecular formula is C18H40N2O. The second-order valence-electron chi connectivity index (χ2n) is 6.84. The smallest absolute Gasteiger partial charge is 0.0613 e. The molecule has 0 spiro atoms. The molecule has 3 nitrogen and oxygen atoms in total. The number of nitrogens with zero attached hydrogens (tertiary/aromatic N) is 1.